The third kappa shape index (κ3) is 5.04. The zero-order valence-electron chi connectivity index (χ0n) is 25.0. The molecule has 1 aromatic heterocycles. The molecule has 3 aromatic rings. The topological polar surface area (TPSA) is 21.1 Å². The maximum absolute atomic E-state index is 14.3. The molecule has 0 saturated carbocycles. The Bertz CT molecular complexity index is 1380. The number of fused-ring (bicyclic) bond motifs is 1. The van der Waals surface area contributed by atoms with Crippen LogP contribution in [0.5, 0.6) is 0 Å². The lowest BCUT2D eigenvalue weighted by molar-refractivity contribution is -0.0110. The summed E-state index contributed by atoms with van der Waals surface area (Å²) in [6.07, 6.45) is 5.07. The van der Waals surface area contributed by atoms with Crippen molar-refractivity contribution in [3.05, 3.63) is 87.8 Å². The van der Waals surface area contributed by atoms with Crippen molar-refractivity contribution >= 4 is 10.8 Å². The molecule has 0 aliphatic heterocycles. The van der Waals surface area contributed by atoms with Crippen molar-refractivity contribution in [3.63, 3.8) is 0 Å². The fraction of sp³-hybridized carbons (Fsp3) is 0.485. The normalized spacial score (nSPS) is 14.2. The lowest BCUT2D eigenvalue weighted by Gasteiger charge is -2.39. The Balaban J connectivity index is 2.35. The first-order valence-electron chi connectivity index (χ1n) is 13.7. The largest absolute Gasteiger partial charge is 0.352 e. The van der Waals surface area contributed by atoms with E-state index in [2.05, 4.69) is 94.0 Å². The Hall–Kier alpha value is -2.95. The maximum Gasteiger partial charge on any atom is 0.248 e. The monoisotopic (exact) mass is 521 g/mol. The fourth-order valence-corrected chi connectivity index (χ4v) is 5.99. The van der Waals surface area contributed by atoms with E-state index in [1.165, 1.54) is 16.5 Å². The highest BCUT2D eigenvalue weighted by Gasteiger charge is 2.38. The lowest BCUT2D eigenvalue weighted by atomic mass is 9.74. The number of hydrogen-bond acceptors (Lipinski definition) is 2. The van der Waals surface area contributed by atoms with Crippen molar-refractivity contribution in [1.29, 1.82) is 0 Å². The Kier molecular flexibility index (Phi) is 8.60. The van der Waals surface area contributed by atoms with Gasteiger partial charge in [-0.1, -0.05) is 38.6 Å². The van der Waals surface area contributed by atoms with Gasteiger partial charge < -0.3 is 9.47 Å². The molecule has 1 heterocycles. The van der Waals surface area contributed by atoms with E-state index >= 15 is 0 Å². The van der Waals surface area contributed by atoms with Crippen LogP contribution in [0, 0.1) is 20.8 Å². The predicted molar refractivity (Wildman–Crippen MR) is 157 cm³/mol. The zero-order chi connectivity index (χ0) is 28.6. The molecule has 3 nitrogen and oxygen atoms in total. The standard InChI is InChI=1S/C33H45F2N3/c1-12-26-22(6)27-16-15-25(19-29(27)23(7)28(26)17-18-33(34,35)14-3)32(9,30(13-2)37(10)21(4)5)31-20-36-24(8)38(31)11/h13,15-16,19-20H,4,12,14,17-18H2,1-3,5-11H3/b30-13-. The van der Waals surface area contributed by atoms with Crippen LogP contribution in [-0.2, 0) is 25.3 Å². The fourth-order valence-electron chi connectivity index (χ4n) is 5.99. The first-order chi connectivity index (χ1) is 17.7. The van der Waals surface area contributed by atoms with Crippen LogP contribution in [0.25, 0.3) is 10.8 Å². The zero-order valence-corrected chi connectivity index (χ0v) is 25.0. The molecule has 0 amide bonds. The number of imidazole rings is 1. The molecule has 0 aliphatic carbocycles. The number of aryl methyl sites for hydroxylation is 3. The van der Waals surface area contributed by atoms with Crippen LogP contribution in [0.1, 0.15) is 86.8 Å². The third-order valence-electron chi connectivity index (χ3n) is 8.74. The van der Waals surface area contributed by atoms with Crippen LogP contribution >= 0.6 is 0 Å². The summed E-state index contributed by atoms with van der Waals surface area (Å²) in [4.78, 5) is 6.78. The average Bonchev–Trinajstić information content (AvgIpc) is 3.23. The second kappa shape index (κ2) is 11.0. The Morgan fingerprint density at radius 3 is 2.24 bits per heavy atom. The van der Waals surface area contributed by atoms with E-state index in [0.717, 1.165) is 51.4 Å². The predicted octanol–water partition coefficient (Wildman–Crippen LogP) is 8.71. The van der Waals surface area contributed by atoms with Gasteiger partial charge in [0.2, 0.25) is 5.92 Å². The molecule has 0 fully saturated rings. The van der Waals surface area contributed by atoms with Gasteiger partial charge in [0.05, 0.1) is 11.1 Å². The highest BCUT2D eigenvalue weighted by atomic mass is 19.3. The number of hydrogen-bond donors (Lipinski definition) is 0. The third-order valence-corrected chi connectivity index (χ3v) is 8.74. The number of rotatable bonds is 10. The molecule has 0 saturated heterocycles. The van der Waals surface area contributed by atoms with Crippen LogP contribution in [0.4, 0.5) is 8.78 Å². The van der Waals surface area contributed by atoms with Crippen LogP contribution in [0.3, 0.4) is 0 Å². The smallest absolute Gasteiger partial charge is 0.248 e. The van der Waals surface area contributed by atoms with Crippen molar-refractivity contribution in [2.75, 3.05) is 7.05 Å². The molecule has 5 heteroatoms. The highest BCUT2D eigenvalue weighted by molar-refractivity contribution is 5.92. The number of benzene rings is 2. The maximum atomic E-state index is 14.3. The van der Waals surface area contributed by atoms with Gasteiger partial charge in [0, 0.05) is 44.5 Å². The first kappa shape index (κ1) is 29.6. The van der Waals surface area contributed by atoms with Crippen molar-refractivity contribution in [2.45, 2.75) is 92.4 Å². The van der Waals surface area contributed by atoms with E-state index in [9.17, 15) is 8.78 Å². The van der Waals surface area contributed by atoms with E-state index in [4.69, 9.17) is 0 Å². The molecule has 1 atom stereocenters. The summed E-state index contributed by atoms with van der Waals surface area (Å²) in [6.45, 7) is 20.5. The number of halogens is 2. The van der Waals surface area contributed by atoms with Crippen molar-refractivity contribution in [3.8, 4) is 0 Å². The number of aromatic nitrogens is 2. The second-order valence-electron chi connectivity index (χ2n) is 10.9. The van der Waals surface area contributed by atoms with Crippen molar-refractivity contribution in [1.82, 2.24) is 14.5 Å². The van der Waals surface area contributed by atoms with Crippen LogP contribution in [0.2, 0.25) is 0 Å². The van der Waals surface area contributed by atoms with E-state index in [1.807, 2.05) is 20.0 Å². The molecular weight excluding hydrogens is 476 g/mol. The van der Waals surface area contributed by atoms with Crippen LogP contribution in [0.15, 0.2) is 48.4 Å². The minimum absolute atomic E-state index is 0.125. The summed E-state index contributed by atoms with van der Waals surface area (Å²) in [5.74, 6) is -1.70. The van der Waals surface area contributed by atoms with Gasteiger partial charge >= 0.3 is 0 Å². The molecule has 3 rings (SSSR count). The minimum atomic E-state index is -2.65. The highest BCUT2D eigenvalue weighted by Crippen LogP contribution is 2.43. The van der Waals surface area contributed by atoms with Gasteiger partial charge in [0.15, 0.2) is 0 Å². The SMILES string of the molecule is C=C(C)N(C)/C(=C\C)C(C)(c1ccc2c(C)c(CC)c(CCC(F)(F)CC)c(C)c2c1)c1cnc(C)n1C. The van der Waals surface area contributed by atoms with Gasteiger partial charge in [0.1, 0.15) is 5.82 Å². The number of alkyl halides is 2. The summed E-state index contributed by atoms with van der Waals surface area (Å²) in [5.41, 5.74) is 8.32. The van der Waals surface area contributed by atoms with Gasteiger partial charge in [-0.05, 0) is 99.0 Å². The second-order valence-corrected chi connectivity index (χ2v) is 10.9. The lowest BCUT2D eigenvalue weighted by Crippen LogP contribution is -2.36. The van der Waals surface area contributed by atoms with E-state index in [1.54, 1.807) is 6.92 Å². The quantitative estimate of drug-likeness (QED) is 0.266. The Morgan fingerprint density at radius 2 is 1.74 bits per heavy atom. The molecule has 38 heavy (non-hydrogen) atoms. The summed E-state index contributed by atoms with van der Waals surface area (Å²) >= 11 is 0. The molecule has 0 bridgehead atoms. The number of nitrogens with zero attached hydrogens (tertiary/aromatic N) is 3. The Labute approximate surface area is 228 Å². The number of likely N-dealkylation sites (N-methyl/N-ethyl adjacent to an activating group) is 1. The molecule has 0 spiro atoms. The molecule has 0 aliphatic rings. The van der Waals surface area contributed by atoms with Gasteiger partial charge in [-0.25, -0.2) is 13.8 Å². The van der Waals surface area contributed by atoms with Gasteiger partial charge in [-0.15, -0.1) is 0 Å². The summed E-state index contributed by atoms with van der Waals surface area (Å²) in [7, 11) is 4.11. The first-order valence-corrected chi connectivity index (χ1v) is 13.7. The van der Waals surface area contributed by atoms with Crippen molar-refractivity contribution in [2.24, 2.45) is 7.05 Å². The number of allylic oxidation sites excluding steroid dienone is 3. The average molecular weight is 522 g/mol. The van der Waals surface area contributed by atoms with Crippen LogP contribution < -0.4 is 0 Å². The minimum Gasteiger partial charge on any atom is -0.352 e. The van der Waals surface area contributed by atoms with Gasteiger partial charge in [-0.2, -0.15) is 0 Å². The molecule has 1 unspecified atom stereocenters. The molecule has 2 aromatic carbocycles. The Morgan fingerprint density at radius 1 is 1.11 bits per heavy atom. The molecular formula is C33H45F2N3. The van der Waals surface area contributed by atoms with E-state index < -0.39 is 11.3 Å². The van der Waals surface area contributed by atoms with Crippen molar-refractivity contribution < 1.29 is 8.78 Å². The van der Waals surface area contributed by atoms with Crippen LogP contribution in [-0.4, -0.2) is 27.4 Å². The van der Waals surface area contributed by atoms with Gasteiger partial charge in [-0.3, -0.25) is 0 Å². The summed E-state index contributed by atoms with van der Waals surface area (Å²) in [5, 5.41) is 2.32. The summed E-state index contributed by atoms with van der Waals surface area (Å²) < 4.78 is 30.8. The van der Waals surface area contributed by atoms with E-state index in [0.29, 0.717) is 6.42 Å². The molecule has 0 N–H and O–H groups in total. The van der Waals surface area contributed by atoms with E-state index in [-0.39, 0.29) is 12.8 Å². The molecule has 206 valence electrons. The van der Waals surface area contributed by atoms with Gasteiger partial charge in [0.25, 0.3) is 0 Å². The summed E-state index contributed by atoms with van der Waals surface area (Å²) in [6, 6.07) is 6.71. The molecule has 0 radical (unpaired) electrons.